The fourth-order valence-corrected chi connectivity index (χ4v) is 0.628. The highest BCUT2D eigenvalue weighted by Gasteiger charge is 1.92. The molecule has 0 saturated heterocycles. The van der Waals surface area contributed by atoms with Gasteiger partial charge < -0.3 is 5.11 Å². The predicted octanol–water partition coefficient (Wildman–Crippen LogP) is 1.40. The first-order valence-corrected chi connectivity index (χ1v) is 2.82. The van der Waals surface area contributed by atoms with Crippen LogP contribution in [0.4, 0.5) is 0 Å². The van der Waals surface area contributed by atoms with Crippen molar-refractivity contribution >= 4 is 0 Å². The van der Waals surface area contributed by atoms with Crippen LogP contribution in [0.15, 0.2) is 12.3 Å². The summed E-state index contributed by atoms with van der Waals surface area (Å²) < 4.78 is 0. The molecule has 0 aliphatic rings. The van der Waals surface area contributed by atoms with Crippen LogP contribution in [0.3, 0.4) is 0 Å². The maximum Gasteiger partial charge on any atom is 0.134 e. The summed E-state index contributed by atoms with van der Waals surface area (Å²) in [4.78, 5) is 3.93. The Morgan fingerprint density at radius 2 is 2.11 bits per heavy atom. The van der Waals surface area contributed by atoms with Gasteiger partial charge in [0.2, 0.25) is 0 Å². The summed E-state index contributed by atoms with van der Waals surface area (Å²) in [6, 6.07) is 1.70. The molecule has 0 bridgehead atoms. The maximum atomic E-state index is 8.88. The van der Waals surface area contributed by atoms with Gasteiger partial charge in [-0.1, -0.05) is 0 Å². The largest absolute Gasteiger partial charge is 0.506 e. The maximum absolute atomic E-state index is 8.88. The first kappa shape index (κ1) is 6.08. The van der Waals surface area contributed by atoms with Gasteiger partial charge >= 0.3 is 0 Å². The van der Waals surface area contributed by atoms with Crippen LogP contribution in [0.25, 0.3) is 0 Å². The van der Waals surface area contributed by atoms with Crippen molar-refractivity contribution in [3.05, 3.63) is 23.5 Å². The first-order valence-electron chi connectivity index (χ1n) is 2.82. The molecule has 0 aliphatic carbocycles. The molecule has 2 nitrogen and oxygen atoms in total. The Kier molecular flexibility index (Phi) is 1.39. The van der Waals surface area contributed by atoms with E-state index in [1.54, 1.807) is 6.07 Å². The zero-order valence-electron chi connectivity index (χ0n) is 5.55. The Hall–Kier alpha value is -1.05. The zero-order chi connectivity index (χ0) is 6.85. The van der Waals surface area contributed by atoms with E-state index < -0.39 is 0 Å². The summed E-state index contributed by atoms with van der Waals surface area (Å²) in [6.07, 6.45) is 1.45. The predicted molar refractivity (Wildman–Crippen MR) is 35.4 cm³/mol. The number of nitrogens with zero attached hydrogens (tertiary/aromatic N) is 1. The third kappa shape index (κ3) is 1.19. The van der Waals surface area contributed by atoms with Crippen molar-refractivity contribution < 1.29 is 5.11 Å². The molecule has 0 unspecified atom stereocenters. The molecule has 0 aliphatic heterocycles. The molecule has 0 radical (unpaired) electrons. The van der Waals surface area contributed by atoms with Crippen molar-refractivity contribution in [3.63, 3.8) is 0 Å². The number of hydrogen-bond acceptors (Lipinski definition) is 2. The van der Waals surface area contributed by atoms with Crippen LogP contribution in [-0.4, -0.2) is 10.1 Å². The van der Waals surface area contributed by atoms with E-state index in [9.17, 15) is 0 Å². The van der Waals surface area contributed by atoms with Gasteiger partial charge in [0.25, 0.3) is 0 Å². The standard InChI is InChI=1S/C7H9NO/c1-5-3-7(9)4-8-6(5)2/h3-4,9H,1-2H3. The summed E-state index contributed by atoms with van der Waals surface area (Å²) in [7, 11) is 0. The summed E-state index contributed by atoms with van der Waals surface area (Å²) in [5.41, 5.74) is 1.99. The smallest absolute Gasteiger partial charge is 0.134 e. The second-order valence-electron chi connectivity index (χ2n) is 2.10. The van der Waals surface area contributed by atoms with Gasteiger partial charge in [0.1, 0.15) is 5.75 Å². The highest BCUT2D eigenvalue weighted by molar-refractivity contribution is 5.25. The lowest BCUT2D eigenvalue weighted by atomic mass is 10.2. The van der Waals surface area contributed by atoms with Gasteiger partial charge in [-0.3, -0.25) is 4.98 Å². The fourth-order valence-electron chi connectivity index (χ4n) is 0.628. The van der Waals surface area contributed by atoms with Gasteiger partial charge in [-0.15, -0.1) is 0 Å². The summed E-state index contributed by atoms with van der Waals surface area (Å²) >= 11 is 0. The third-order valence-corrected chi connectivity index (χ3v) is 1.33. The van der Waals surface area contributed by atoms with Crippen molar-refractivity contribution in [2.24, 2.45) is 0 Å². The zero-order valence-corrected chi connectivity index (χ0v) is 5.55. The van der Waals surface area contributed by atoms with Gasteiger partial charge in [0, 0.05) is 5.69 Å². The molecule has 9 heavy (non-hydrogen) atoms. The van der Waals surface area contributed by atoms with E-state index in [4.69, 9.17) is 5.11 Å². The number of aromatic nitrogens is 1. The fraction of sp³-hybridized carbons (Fsp3) is 0.286. The summed E-state index contributed by atoms with van der Waals surface area (Å²) in [5, 5.41) is 8.88. The van der Waals surface area contributed by atoms with Gasteiger partial charge in [-0.25, -0.2) is 0 Å². The first-order chi connectivity index (χ1) is 4.20. The van der Waals surface area contributed by atoms with Crippen LogP contribution in [0.5, 0.6) is 5.75 Å². The molecule has 1 heterocycles. The van der Waals surface area contributed by atoms with Crippen molar-refractivity contribution in [1.82, 2.24) is 4.98 Å². The van der Waals surface area contributed by atoms with E-state index >= 15 is 0 Å². The third-order valence-electron chi connectivity index (χ3n) is 1.33. The van der Waals surface area contributed by atoms with Gasteiger partial charge in [-0.05, 0) is 25.5 Å². The lowest BCUT2D eigenvalue weighted by molar-refractivity contribution is 0.471. The topological polar surface area (TPSA) is 33.1 Å². The molecule has 0 saturated carbocycles. The summed E-state index contributed by atoms with van der Waals surface area (Å²) in [6.45, 7) is 3.83. The SMILES string of the molecule is Cc1cc(O)cnc1C. The minimum atomic E-state index is 0.234. The molecule has 48 valence electrons. The Bertz CT molecular complexity index is 220. The molecule has 0 fully saturated rings. The number of aromatic hydroxyl groups is 1. The molecule has 1 rings (SSSR count). The molecular formula is C7H9NO. The quantitative estimate of drug-likeness (QED) is 0.565. The normalized spacial score (nSPS) is 9.56. The van der Waals surface area contributed by atoms with Crippen LogP contribution < -0.4 is 0 Å². The van der Waals surface area contributed by atoms with Crippen LogP contribution >= 0.6 is 0 Å². The number of aryl methyl sites for hydroxylation is 2. The van der Waals surface area contributed by atoms with Crippen molar-refractivity contribution in [2.45, 2.75) is 13.8 Å². The highest BCUT2D eigenvalue weighted by atomic mass is 16.3. The van der Waals surface area contributed by atoms with Crippen LogP contribution in [0, 0.1) is 13.8 Å². The molecule has 1 N–H and O–H groups in total. The van der Waals surface area contributed by atoms with Crippen molar-refractivity contribution in [1.29, 1.82) is 0 Å². The van der Waals surface area contributed by atoms with Gasteiger partial charge in [0.15, 0.2) is 0 Å². The molecule has 0 spiro atoms. The molecular weight excluding hydrogens is 114 g/mol. The lowest BCUT2D eigenvalue weighted by Gasteiger charge is -1.96. The van der Waals surface area contributed by atoms with Crippen LogP contribution in [0.2, 0.25) is 0 Å². The van der Waals surface area contributed by atoms with E-state index in [-0.39, 0.29) is 5.75 Å². The monoisotopic (exact) mass is 123 g/mol. The minimum absolute atomic E-state index is 0.234. The highest BCUT2D eigenvalue weighted by Crippen LogP contribution is 2.10. The molecule has 1 aromatic rings. The molecule has 0 atom stereocenters. The Balaban J connectivity index is 3.17. The lowest BCUT2D eigenvalue weighted by Crippen LogP contribution is -1.83. The summed E-state index contributed by atoms with van der Waals surface area (Å²) in [5.74, 6) is 0.234. The average Bonchev–Trinajstić information content (AvgIpc) is 1.80. The minimum Gasteiger partial charge on any atom is -0.506 e. The molecule has 0 amide bonds. The molecule has 1 aromatic heterocycles. The van der Waals surface area contributed by atoms with E-state index in [0.29, 0.717) is 0 Å². The van der Waals surface area contributed by atoms with Gasteiger partial charge in [0.05, 0.1) is 6.20 Å². The van der Waals surface area contributed by atoms with Crippen LogP contribution in [0.1, 0.15) is 11.3 Å². The molecule has 2 heteroatoms. The van der Waals surface area contributed by atoms with Crippen LogP contribution in [-0.2, 0) is 0 Å². The average molecular weight is 123 g/mol. The number of hydrogen-bond donors (Lipinski definition) is 1. The Labute approximate surface area is 54.2 Å². The van der Waals surface area contributed by atoms with Crippen molar-refractivity contribution in [3.8, 4) is 5.75 Å². The Morgan fingerprint density at radius 3 is 2.56 bits per heavy atom. The second-order valence-corrected chi connectivity index (χ2v) is 2.10. The number of pyridine rings is 1. The van der Waals surface area contributed by atoms with E-state index in [1.165, 1.54) is 6.20 Å². The molecule has 0 aromatic carbocycles. The van der Waals surface area contributed by atoms with E-state index in [1.807, 2.05) is 13.8 Å². The van der Waals surface area contributed by atoms with Crippen molar-refractivity contribution in [2.75, 3.05) is 0 Å². The second kappa shape index (κ2) is 2.05. The van der Waals surface area contributed by atoms with Gasteiger partial charge in [-0.2, -0.15) is 0 Å². The number of rotatable bonds is 0. The van der Waals surface area contributed by atoms with E-state index in [0.717, 1.165) is 11.3 Å². The van der Waals surface area contributed by atoms with E-state index in [2.05, 4.69) is 4.98 Å². The Morgan fingerprint density at radius 1 is 1.44 bits per heavy atom.